The van der Waals surface area contributed by atoms with Gasteiger partial charge in [-0.05, 0) is 59.5 Å². The number of hydrogen-bond acceptors (Lipinski definition) is 4. The Morgan fingerprint density at radius 2 is 1.91 bits per heavy atom. The fraction of sp³-hybridized carbons (Fsp3) is 0.389. The summed E-state index contributed by atoms with van der Waals surface area (Å²) in [5.41, 5.74) is 3.03. The number of anilines is 1. The molecule has 0 radical (unpaired) electrons. The first kappa shape index (κ1) is 14.7. The summed E-state index contributed by atoms with van der Waals surface area (Å²) >= 11 is 1.64. The Labute approximate surface area is 140 Å². The SMILES string of the molecule is O=C(NCc1ccsc1)c1ccc(N2CC3CCC(C2)O3)cc1. The second kappa shape index (κ2) is 6.34. The lowest BCUT2D eigenvalue weighted by Gasteiger charge is -2.33. The van der Waals surface area contributed by atoms with Gasteiger partial charge >= 0.3 is 0 Å². The molecule has 2 aliphatic heterocycles. The molecule has 2 saturated heterocycles. The maximum atomic E-state index is 12.2. The predicted octanol–water partition coefficient (Wildman–Crippen LogP) is 3.05. The lowest BCUT2D eigenvalue weighted by molar-refractivity contribution is 0.0305. The van der Waals surface area contributed by atoms with Crippen molar-refractivity contribution in [1.82, 2.24) is 5.32 Å². The summed E-state index contributed by atoms with van der Waals surface area (Å²) in [5, 5.41) is 7.03. The Morgan fingerprint density at radius 1 is 1.17 bits per heavy atom. The normalized spacial score (nSPS) is 23.0. The van der Waals surface area contributed by atoms with E-state index in [2.05, 4.69) is 15.6 Å². The summed E-state index contributed by atoms with van der Waals surface area (Å²) in [5.74, 6) is -0.0233. The molecule has 0 saturated carbocycles. The van der Waals surface area contributed by atoms with Crippen LogP contribution in [0.15, 0.2) is 41.1 Å². The lowest BCUT2D eigenvalue weighted by Crippen LogP contribution is -2.42. The van der Waals surface area contributed by atoms with Crippen molar-refractivity contribution >= 4 is 22.9 Å². The third-order valence-electron chi connectivity index (χ3n) is 4.57. The molecular weight excluding hydrogens is 308 g/mol. The molecular formula is C18H20N2O2S. The van der Waals surface area contributed by atoms with Gasteiger partial charge in [0.25, 0.3) is 5.91 Å². The quantitative estimate of drug-likeness (QED) is 0.938. The van der Waals surface area contributed by atoms with Crippen molar-refractivity contribution in [3.8, 4) is 0 Å². The summed E-state index contributed by atoms with van der Waals surface area (Å²) in [7, 11) is 0. The van der Waals surface area contributed by atoms with Crippen molar-refractivity contribution in [2.24, 2.45) is 0 Å². The standard InChI is InChI=1S/C18H20N2O2S/c21-18(19-9-13-7-8-23-12-13)14-1-3-15(4-2-14)20-10-16-5-6-17(11-20)22-16/h1-4,7-8,12,16-17H,5-6,9-11H2,(H,19,21). The van der Waals surface area contributed by atoms with Crippen LogP contribution in [0.4, 0.5) is 5.69 Å². The molecule has 23 heavy (non-hydrogen) atoms. The van der Waals surface area contributed by atoms with E-state index in [1.165, 1.54) is 18.5 Å². The molecule has 1 N–H and O–H groups in total. The van der Waals surface area contributed by atoms with Gasteiger partial charge in [-0.25, -0.2) is 0 Å². The number of ether oxygens (including phenoxy) is 1. The Hall–Kier alpha value is -1.85. The molecule has 2 aromatic rings. The maximum Gasteiger partial charge on any atom is 0.251 e. The van der Waals surface area contributed by atoms with E-state index in [-0.39, 0.29) is 5.91 Å². The van der Waals surface area contributed by atoms with Crippen LogP contribution in [-0.4, -0.2) is 31.2 Å². The van der Waals surface area contributed by atoms with E-state index in [0.29, 0.717) is 24.3 Å². The van der Waals surface area contributed by atoms with Gasteiger partial charge in [0.15, 0.2) is 0 Å². The van der Waals surface area contributed by atoms with Crippen molar-refractivity contribution in [3.63, 3.8) is 0 Å². The number of nitrogens with one attached hydrogen (secondary N) is 1. The molecule has 2 fully saturated rings. The Morgan fingerprint density at radius 3 is 2.57 bits per heavy atom. The molecule has 2 atom stereocenters. The van der Waals surface area contributed by atoms with Crippen LogP contribution in [0.25, 0.3) is 0 Å². The highest BCUT2D eigenvalue weighted by Crippen LogP contribution is 2.29. The van der Waals surface area contributed by atoms with Crippen LogP contribution in [0.1, 0.15) is 28.8 Å². The van der Waals surface area contributed by atoms with E-state index in [0.717, 1.165) is 18.7 Å². The minimum Gasteiger partial charge on any atom is -0.371 e. The average molecular weight is 328 g/mol. The van der Waals surface area contributed by atoms with E-state index < -0.39 is 0 Å². The first-order chi connectivity index (χ1) is 11.3. The Balaban J connectivity index is 1.38. The molecule has 3 heterocycles. The highest BCUT2D eigenvalue weighted by atomic mass is 32.1. The van der Waals surface area contributed by atoms with Gasteiger partial charge in [-0.1, -0.05) is 0 Å². The molecule has 1 amide bonds. The molecule has 2 unspecified atom stereocenters. The van der Waals surface area contributed by atoms with Crippen LogP contribution >= 0.6 is 11.3 Å². The highest BCUT2D eigenvalue weighted by molar-refractivity contribution is 7.07. The topological polar surface area (TPSA) is 41.6 Å². The molecule has 0 aliphatic carbocycles. The first-order valence-corrected chi connectivity index (χ1v) is 9.02. The van der Waals surface area contributed by atoms with Gasteiger partial charge in [0.1, 0.15) is 0 Å². The van der Waals surface area contributed by atoms with Gasteiger partial charge < -0.3 is 15.0 Å². The van der Waals surface area contributed by atoms with Crippen molar-refractivity contribution < 1.29 is 9.53 Å². The summed E-state index contributed by atoms with van der Waals surface area (Å²) in [6, 6.07) is 9.95. The number of amides is 1. The van der Waals surface area contributed by atoms with Gasteiger partial charge in [-0.2, -0.15) is 11.3 Å². The molecule has 2 aliphatic rings. The van der Waals surface area contributed by atoms with Crippen molar-refractivity contribution in [1.29, 1.82) is 0 Å². The molecule has 5 heteroatoms. The third-order valence-corrected chi connectivity index (χ3v) is 5.30. The van der Waals surface area contributed by atoms with Gasteiger partial charge in [0.2, 0.25) is 0 Å². The maximum absolute atomic E-state index is 12.2. The average Bonchev–Trinajstić information content (AvgIpc) is 3.22. The summed E-state index contributed by atoms with van der Waals surface area (Å²) < 4.78 is 5.87. The van der Waals surface area contributed by atoms with Crippen LogP contribution in [0.2, 0.25) is 0 Å². The van der Waals surface area contributed by atoms with Crippen LogP contribution < -0.4 is 10.2 Å². The fourth-order valence-electron chi connectivity index (χ4n) is 3.33. The molecule has 1 aromatic carbocycles. The Kier molecular flexibility index (Phi) is 4.06. The van der Waals surface area contributed by atoms with Gasteiger partial charge in [-0.3, -0.25) is 4.79 Å². The van der Waals surface area contributed by atoms with E-state index in [1.807, 2.05) is 35.7 Å². The number of benzene rings is 1. The van der Waals surface area contributed by atoms with Crippen LogP contribution in [0.5, 0.6) is 0 Å². The monoisotopic (exact) mass is 328 g/mol. The number of thiophene rings is 1. The zero-order valence-electron chi connectivity index (χ0n) is 12.9. The minimum atomic E-state index is -0.0233. The number of fused-ring (bicyclic) bond motifs is 2. The number of morpholine rings is 1. The lowest BCUT2D eigenvalue weighted by atomic mass is 10.1. The van der Waals surface area contributed by atoms with Gasteiger partial charge in [0, 0.05) is 30.9 Å². The van der Waals surface area contributed by atoms with Crippen LogP contribution in [0.3, 0.4) is 0 Å². The minimum absolute atomic E-state index is 0.0233. The zero-order chi connectivity index (χ0) is 15.6. The molecule has 4 nitrogen and oxygen atoms in total. The van der Waals surface area contributed by atoms with Crippen LogP contribution in [-0.2, 0) is 11.3 Å². The largest absolute Gasteiger partial charge is 0.371 e. The van der Waals surface area contributed by atoms with Crippen molar-refractivity contribution in [2.45, 2.75) is 31.6 Å². The van der Waals surface area contributed by atoms with E-state index in [1.54, 1.807) is 11.3 Å². The van der Waals surface area contributed by atoms with Gasteiger partial charge in [0.05, 0.1) is 12.2 Å². The predicted molar refractivity (Wildman–Crippen MR) is 92.0 cm³/mol. The number of rotatable bonds is 4. The smallest absolute Gasteiger partial charge is 0.251 e. The van der Waals surface area contributed by atoms with Crippen molar-refractivity contribution in [3.05, 3.63) is 52.2 Å². The number of carbonyl (C=O) groups excluding carboxylic acids is 1. The molecule has 4 rings (SSSR count). The molecule has 1 aromatic heterocycles. The second-order valence-electron chi connectivity index (χ2n) is 6.22. The van der Waals surface area contributed by atoms with Crippen LogP contribution in [0, 0.1) is 0 Å². The molecule has 0 spiro atoms. The second-order valence-corrected chi connectivity index (χ2v) is 7.00. The summed E-state index contributed by atoms with van der Waals surface area (Å²) in [6.07, 6.45) is 3.10. The fourth-order valence-corrected chi connectivity index (χ4v) is 4.00. The van der Waals surface area contributed by atoms with Gasteiger partial charge in [-0.15, -0.1) is 0 Å². The summed E-state index contributed by atoms with van der Waals surface area (Å²) in [6.45, 7) is 2.50. The third kappa shape index (κ3) is 3.26. The van der Waals surface area contributed by atoms with Crippen molar-refractivity contribution in [2.75, 3.05) is 18.0 Å². The van der Waals surface area contributed by atoms with E-state index >= 15 is 0 Å². The zero-order valence-corrected chi connectivity index (χ0v) is 13.7. The van der Waals surface area contributed by atoms with E-state index in [9.17, 15) is 4.79 Å². The molecule has 2 bridgehead atoms. The highest BCUT2D eigenvalue weighted by Gasteiger charge is 2.33. The first-order valence-electron chi connectivity index (χ1n) is 8.08. The number of hydrogen-bond donors (Lipinski definition) is 1. The Bertz CT molecular complexity index is 657. The number of carbonyl (C=O) groups is 1. The molecule has 120 valence electrons. The van der Waals surface area contributed by atoms with E-state index in [4.69, 9.17) is 4.74 Å². The number of nitrogens with zero attached hydrogens (tertiary/aromatic N) is 1. The summed E-state index contributed by atoms with van der Waals surface area (Å²) in [4.78, 5) is 14.6.